The number of rotatable bonds is 1. The molecule has 1 saturated carbocycles. The zero-order valence-electron chi connectivity index (χ0n) is 5.93. The number of hydrogen-bond donors (Lipinski definition) is 0. The van der Waals surface area contributed by atoms with Crippen LogP contribution < -0.4 is 0 Å². The molecular formula is C6H9Cl2NO2. The lowest BCUT2D eigenvalue weighted by molar-refractivity contribution is -0.544. The summed E-state index contributed by atoms with van der Waals surface area (Å²) < 4.78 is 0. The fourth-order valence-corrected chi connectivity index (χ4v) is 1.87. The molecule has 1 fully saturated rings. The maximum Gasteiger partial charge on any atom is 0.311 e. The molecule has 1 aliphatic rings. The first-order valence-electron chi connectivity index (χ1n) is 3.55. The van der Waals surface area contributed by atoms with Gasteiger partial charge < -0.3 is 0 Å². The van der Waals surface area contributed by atoms with Crippen molar-refractivity contribution in [3.63, 3.8) is 0 Å². The van der Waals surface area contributed by atoms with Gasteiger partial charge >= 0.3 is 5.00 Å². The van der Waals surface area contributed by atoms with Crippen LogP contribution in [0, 0.1) is 10.1 Å². The van der Waals surface area contributed by atoms with Crippen LogP contribution in [0.3, 0.4) is 0 Å². The Morgan fingerprint density at radius 1 is 1.55 bits per heavy atom. The average molecular weight is 198 g/mol. The Morgan fingerprint density at radius 3 is 2.55 bits per heavy atom. The molecule has 64 valence electrons. The molecule has 0 aromatic heterocycles. The van der Waals surface area contributed by atoms with Crippen molar-refractivity contribution in [2.75, 3.05) is 0 Å². The standard InChI is InChI=1S/C6H9Cl2NO2/c7-5-3-1-2-4-6(5,8)9(10)11/h5H,1-4H2. The van der Waals surface area contributed by atoms with E-state index in [1.54, 1.807) is 0 Å². The summed E-state index contributed by atoms with van der Waals surface area (Å²) in [6, 6.07) is 0. The summed E-state index contributed by atoms with van der Waals surface area (Å²) >= 11 is 11.5. The molecule has 2 atom stereocenters. The molecule has 1 aliphatic carbocycles. The summed E-state index contributed by atoms with van der Waals surface area (Å²) in [5.74, 6) is 0. The zero-order chi connectivity index (χ0) is 8.48. The molecule has 0 aliphatic heterocycles. The van der Waals surface area contributed by atoms with Gasteiger partial charge in [0.2, 0.25) is 0 Å². The Morgan fingerprint density at radius 2 is 2.18 bits per heavy atom. The first-order valence-corrected chi connectivity index (χ1v) is 4.36. The molecule has 0 amide bonds. The van der Waals surface area contributed by atoms with Crippen LogP contribution in [0.5, 0.6) is 0 Å². The van der Waals surface area contributed by atoms with Crippen molar-refractivity contribution in [2.24, 2.45) is 0 Å². The molecule has 5 heteroatoms. The van der Waals surface area contributed by atoms with Gasteiger partial charge in [0, 0.05) is 11.3 Å². The van der Waals surface area contributed by atoms with Gasteiger partial charge in [0.25, 0.3) is 0 Å². The van der Waals surface area contributed by atoms with Crippen molar-refractivity contribution < 1.29 is 4.92 Å². The molecule has 0 aromatic rings. The van der Waals surface area contributed by atoms with Gasteiger partial charge in [-0.2, -0.15) is 0 Å². The third-order valence-electron chi connectivity index (χ3n) is 2.02. The molecule has 0 bridgehead atoms. The molecule has 0 radical (unpaired) electrons. The van der Waals surface area contributed by atoms with Crippen LogP contribution in [0.4, 0.5) is 0 Å². The van der Waals surface area contributed by atoms with Gasteiger partial charge in [-0.1, -0.05) is 6.42 Å². The molecule has 0 N–H and O–H groups in total. The summed E-state index contributed by atoms with van der Waals surface area (Å²) in [5.41, 5.74) is 0. The van der Waals surface area contributed by atoms with Gasteiger partial charge in [-0.15, -0.1) is 11.6 Å². The van der Waals surface area contributed by atoms with Crippen LogP contribution in [-0.2, 0) is 0 Å². The van der Waals surface area contributed by atoms with Gasteiger partial charge in [-0.3, -0.25) is 10.1 Å². The van der Waals surface area contributed by atoms with Gasteiger partial charge in [-0.25, -0.2) is 0 Å². The van der Waals surface area contributed by atoms with Crippen molar-refractivity contribution in [1.29, 1.82) is 0 Å². The van der Waals surface area contributed by atoms with Crippen LogP contribution in [-0.4, -0.2) is 15.3 Å². The van der Waals surface area contributed by atoms with E-state index < -0.39 is 15.3 Å². The summed E-state index contributed by atoms with van der Waals surface area (Å²) in [7, 11) is 0. The topological polar surface area (TPSA) is 43.1 Å². The normalized spacial score (nSPS) is 38.5. The first-order chi connectivity index (χ1) is 5.07. The first kappa shape index (κ1) is 9.07. The van der Waals surface area contributed by atoms with Crippen LogP contribution in [0.15, 0.2) is 0 Å². The highest BCUT2D eigenvalue weighted by molar-refractivity contribution is 6.31. The van der Waals surface area contributed by atoms with E-state index in [2.05, 4.69) is 0 Å². The van der Waals surface area contributed by atoms with Crippen molar-refractivity contribution >= 4 is 23.2 Å². The van der Waals surface area contributed by atoms with E-state index in [1.165, 1.54) is 0 Å². The minimum atomic E-state index is -1.40. The largest absolute Gasteiger partial charge is 0.311 e. The molecule has 0 heterocycles. The van der Waals surface area contributed by atoms with Gasteiger partial charge in [0.05, 0.1) is 0 Å². The van der Waals surface area contributed by atoms with Gasteiger partial charge in [-0.05, 0) is 24.4 Å². The summed E-state index contributed by atoms with van der Waals surface area (Å²) in [5, 5.41) is 9.96. The molecule has 0 aromatic carbocycles. The lowest BCUT2D eigenvalue weighted by Gasteiger charge is -2.27. The van der Waals surface area contributed by atoms with E-state index in [0.29, 0.717) is 12.8 Å². The quantitative estimate of drug-likeness (QED) is 0.281. The Hall–Kier alpha value is -0.0200. The Kier molecular flexibility index (Phi) is 2.60. The molecule has 0 saturated heterocycles. The molecule has 11 heavy (non-hydrogen) atoms. The fraction of sp³-hybridized carbons (Fsp3) is 1.00. The predicted molar refractivity (Wildman–Crippen MR) is 43.7 cm³/mol. The molecule has 3 nitrogen and oxygen atoms in total. The number of hydrogen-bond acceptors (Lipinski definition) is 2. The van der Waals surface area contributed by atoms with E-state index in [-0.39, 0.29) is 0 Å². The molecule has 0 spiro atoms. The second-order valence-corrected chi connectivity index (χ2v) is 3.97. The minimum Gasteiger partial charge on any atom is -0.263 e. The monoisotopic (exact) mass is 197 g/mol. The average Bonchev–Trinajstić information content (AvgIpc) is 1.95. The van der Waals surface area contributed by atoms with Crippen molar-refractivity contribution in [1.82, 2.24) is 0 Å². The van der Waals surface area contributed by atoms with Crippen LogP contribution >= 0.6 is 23.2 Å². The van der Waals surface area contributed by atoms with E-state index in [0.717, 1.165) is 12.8 Å². The second kappa shape index (κ2) is 3.15. The van der Waals surface area contributed by atoms with E-state index in [4.69, 9.17) is 23.2 Å². The SMILES string of the molecule is O=[N+]([O-])C1(Cl)CCCCC1Cl. The zero-order valence-corrected chi connectivity index (χ0v) is 7.44. The summed E-state index contributed by atoms with van der Waals surface area (Å²) in [6.07, 6.45) is 2.77. The minimum absolute atomic E-state index is 0.385. The highest BCUT2D eigenvalue weighted by atomic mass is 35.5. The van der Waals surface area contributed by atoms with E-state index in [1.807, 2.05) is 0 Å². The maximum absolute atomic E-state index is 10.5. The third kappa shape index (κ3) is 1.59. The smallest absolute Gasteiger partial charge is 0.263 e. The molecule has 1 rings (SSSR count). The van der Waals surface area contributed by atoms with Crippen LogP contribution in [0.2, 0.25) is 0 Å². The second-order valence-electron chi connectivity index (χ2n) is 2.79. The lowest BCUT2D eigenvalue weighted by Crippen LogP contribution is -2.43. The van der Waals surface area contributed by atoms with Gasteiger partial charge in [0.1, 0.15) is 5.38 Å². The van der Waals surface area contributed by atoms with Crippen molar-refractivity contribution in [2.45, 2.75) is 36.1 Å². The van der Waals surface area contributed by atoms with Crippen LogP contribution in [0.25, 0.3) is 0 Å². The predicted octanol–water partition coefficient (Wildman–Crippen LogP) is 2.38. The highest BCUT2D eigenvalue weighted by Crippen LogP contribution is 2.37. The maximum atomic E-state index is 10.5. The lowest BCUT2D eigenvalue weighted by atomic mass is 9.95. The van der Waals surface area contributed by atoms with Crippen LogP contribution in [0.1, 0.15) is 25.7 Å². The Bertz CT molecular complexity index is 176. The number of nitrogens with zero attached hydrogens (tertiary/aromatic N) is 1. The Balaban J connectivity index is 2.72. The third-order valence-corrected chi connectivity index (χ3v) is 3.30. The summed E-state index contributed by atoms with van der Waals surface area (Å²) in [4.78, 5) is 8.61. The highest BCUT2D eigenvalue weighted by Gasteiger charge is 2.49. The molecular weight excluding hydrogens is 189 g/mol. The summed E-state index contributed by atoms with van der Waals surface area (Å²) in [6.45, 7) is 0. The number of alkyl halides is 2. The van der Waals surface area contributed by atoms with Gasteiger partial charge in [0.15, 0.2) is 0 Å². The van der Waals surface area contributed by atoms with E-state index >= 15 is 0 Å². The van der Waals surface area contributed by atoms with E-state index in [9.17, 15) is 10.1 Å². The Labute approximate surface area is 74.8 Å². The van der Waals surface area contributed by atoms with Crippen molar-refractivity contribution in [3.8, 4) is 0 Å². The van der Waals surface area contributed by atoms with Crippen molar-refractivity contribution in [3.05, 3.63) is 10.1 Å². The number of nitro groups is 1. The fourth-order valence-electron chi connectivity index (χ4n) is 1.28. The number of halogens is 2. The molecule has 2 unspecified atom stereocenters.